The number of nitrogens with one attached hydrogen (secondary N) is 1. The van der Waals surface area contributed by atoms with Gasteiger partial charge in [-0.05, 0) is 38.2 Å². The fourth-order valence-corrected chi connectivity index (χ4v) is 4.60. The number of aromatic amines is 1. The van der Waals surface area contributed by atoms with Crippen LogP contribution in [0.4, 0.5) is 0 Å². The monoisotopic (exact) mass is 359 g/mol. The second-order valence-electron chi connectivity index (χ2n) is 7.64. The molecule has 1 aromatic rings. The molecule has 2 amide bonds. The molecule has 1 aromatic heterocycles. The van der Waals surface area contributed by atoms with Gasteiger partial charge in [-0.3, -0.25) is 14.4 Å². The molecular formula is C19H25N3O4. The molecule has 3 fully saturated rings. The molecule has 1 spiro atoms. The molecule has 3 saturated heterocycles. The van der Waals surface area contributed by atoms with Crippen molar-refractivity contribution < 1.29 is 14.3 Å². The minimum Gasteiger partial charge on any atom is -0.381 e. The number of hydrogen-bond acceptors (Lipinski definition) is 4. The highest BCUT2D eigenvalue weighted by Gasteiger charge is 2.50. The zero-order valence-electron chi connectivity index (χ0n) is 14.9. The maximum absolute atomic E-state index is 13.3. The van der Waals surface area contributed by atoms with E-state index in [9.17, 15) is 14.4 Å². The fraction of sp³-hybridized carbons (Fsp3) is 0.632. The van der Waals surface area contributed by atoms with Gasteiger partial charge in [0.05, 0.1) is 11.0 Å². The summed E-state index contributed by atoms with van der Waals surface area (Å²) in [7, 11) is 0. The van der Waals surface area contributed by atoms with Crippen LogP contribution >= 0.6 is 0 Å². The largest absolute Gasteiger partial charge is 0.381 e. The number of pyridine rings is 1. The molecule has 7 nitrogen and oxygen atoms in total. The summed E-state index contributed by atoms with van der Waals surface area (Å²) >= 11 is 0. The van der Waals surface area contributed by atoms with E-state index >= 15 is 0 Å². The molecule has 7 heteroatoms. The topological polar surface area (TPSA) is 82.7 Å². The minimum atomic E-state index is -0.436. The van der Waals surface area contributed by atoms with Gasteiger partial charge in [-0.1, -0.05) is 0 Å². The number of rotatable bonds is 2. The molecule has 0 aliphatic carbocycles. The zero-order chi connectivity index (χ0) is 18.1. The average molecular weight is 359 g/mol. The summed E-state index contributed by atoms with van der Waals surface area (Å²) < 4.78 is 5.43. The van der Waals surface area contributed by atoms with Gasteiger partial charge in [0.2, 0.25) is 11.5 Å². The lowest BCUT2D eigenvalue weighted by atomic mass is 9.77. The molecule has 1 atom stereocenters. The quantitative estimate of drug-likeness (QED) is 0.854. The maximum Gasteiger partial charge on any atom is 0.255 e. The van der Waals surface area contributed by atoms with Crippen molar-refractivity contribution in [3.8, 4) is 0 Å². The lowest BCUT2D eigenvalue weighted by Gasteiger charge is -2.44. The third kappa shape index (κ3) is 3.05. The zero-order valence-corrected chi connectivity index (χ0v) is 14.9. The molecule has 4 heterocycles. The summed E-state index contributed by atoms with van der Waals surface area (Å²) in [5.41, 5.74) is -0.200. The van der Waals surface area contributed by atoms with E-state index in [4.69, 9.17) is 4.74 Å². The molecule has 0 aromatic carbocycles. The maximum atomic E-state index is 13.3. The van der Waals surface area contributed by atoms with Gasteiger partial charge in [-0.15, -0.1) is 0 Å². The Bertz CT molecular complexity index is 735. The van der Waals surface area contributed by atoms with E-state index in [1.807, 2.05) is 0 Å². The average Bonchev–Trinajstić information content (AvgIpc) is 3.10. The molecule has 4 rings (SSSR count). The number of carbonyl (C=O) groups excluding carboxylic acids is 2. The molecule has 3 aliphatic rings. The number of piperidine rings is 1. The smallest absolute Gasteiger partial charge is 0.255 e. The minimum absolute atomic E-state index is 0.117. The number of H-pyrrole nitrogens is 1. The Morgan fingerprint density at radius 2 is 1.96 bits per heavy atom. The molecule has 0 saturated carbocycles. The predicted molar refractivity (Wildman–Crippen MR) is 94.8 cm³/mol. The molecule has 1 N–H and O–H groups in total. The Labute approximate surface area is 152 Å². The molecular weight excluding hydrogens is 334 g/mol. The van der Waals surface area contributed by atoms with E-state index in [0.29, 0.717) is 18.7 Å². The van der Waals surface area contributed by atoms with E-state index in [2.05, 4.69) is 9.88 Å². The van der Waals surface area contributed by atoms with Crippen LogP contribution in [0.5, 0.6) is 0 Å². The number of nitrogens with zero attached hydrogens (tertiary/aromatic N) is 2. The SMILES string of the molecule is O=C(c1ccc(=O)[nH]c1)N1CC[C@]2(CCCN(C3CCOCC3)C2=O)C1. The first-order valence-electron chi connectivity index (χ1n) is 9.46. The Morgan fingerprint density at radius 3 is 2.69 bits per heavy atom. The summed E-state index contributed by atoms with van der Waals surface area (Å²) in [5.74, 6) is 0.0986. The van der Waals surface area contributed by atoms with Crippen molar-refractivity contribution in [2.45, 2.75) is 38.1 Å². The highest BCUT2D eigenvalue weighted by molar-refractivity contribution is 5.95. The predicted octanol–water partition coefficient (Wildman–Crippen LogP) is 1.01. The van der Waals surface area contributed by atoms with Crippen molar-refractivity contribution in [3.63, 3.8) is 0 Å². The van der Waals surface area contributed by atoms with Crippen molar-refractivity contribution in [2.24, 2.45) is 5.41 Å². The van der Waals surface area contributed by atoms with Crippen molar-refractivity contribution in [2.75, 3.05) is 32.8 Å². The Morgan fingerprint density at radius 1 is 1.15 bits per heavy atom. The summed E-state index contributed by atoms with van der Waals surface area (Å²) in [6.45, 7) is 3.32. The summed E-state index contributed by atoms with van der Waals surface area (Å²) in [5, 5.41) is 0. The second kappa shape index (κ2) is 6.87. The molecule has 140 valence electrons. The lowest BCUT2D eigenvalue weighted by Crippen LogP contribution is -2.55. The van der Waals surface area contributed by atoms with Gasteiger partial charge in [0.1, 0.15) is 0 Å². The van der Waals surface area contributed by atoms with Gasteiger partial charge < -0.3 is 19.5 Å². The summed E-state index contributed by atoms with van der Waals surface area (Å²) in [6.07, 6.45) is 5.82. The van der Waals surface area contributed by atoms with Crippen LogP contribution < -0.4 is 5.56 Å². The van der Waals surface area contributed by atoms with Crippen LogP contribution in [0.3, 0.4) is 0 Å². The van der Waals surface area contributed by atoms with Crippen LogP contribution in [0.15, 0.2) is 23.1 Å². The van der Waals surface area contributed by atoms with Crippen molar-refractivity contribution in [3.05, 3.63) is 34.2 Å². The van der Waals surface area contributed by atoms with Crippen LogP contribution in [0.1, 0.15) is 42.5 Å². The van der Waals surface area contributed by atoms with Crippen molar-refractivity contribution >= 4 is 11.8 Å². The first kappa shape index (κ1) is 17.3. The van der Waals surface area contributed by atoms with Crippen LogP contribution in [-0.4, -0.2) is 65.5 Å². The Kier molecular flexibility index (Phi) is 4.56. The van der Waals surface area contributed by atoms with E-state index in [-0.39, 0.29) is 23.4 Å². The third-order valence-electron chi connectivity index (χ3n) is 6.07. The Hall–Kier alpha value is -2.15. The molecule has 0 radical (unpaired) electrons. The van der Waals surface area contributed by atoms with E-state index < -0.39 is 5.41 Å². The number of likely N-dealkylation sites (tertiary alicyclic amines) is 2. The molecule has 0 unspecified atom stereocenters. The van der Waals surface area contributed by atoms with Crippen LogP contribution in [0.25, 0.3) is 0 Å². The van der Waals surface area contributed by atoms with Crippen molar-refractivity contribution in [1.82, 2.24) is 14.8 Å². The van der Waals surface area contributed by atoms with Gasteiger partial charge in [-0.25, -0.2) is 0 Å². The summed E-state index contributed by atoms with van der Waals surface area (Å²) in [4.78, 5) is 43.6. The first-order valence-corrected chi connectivity index (χ1v) is 9.46. The number of amides is 2. The molecule has 3 aliphatic heterocycles. The van der Waals surface area contributed by atoms with Gasteiger partial charge >= 0.3 is 0 Å². The number of carbonyl (C=O) groups is 2. The van der Waals surface area contributed by atoms with E-state index in [0.717, 1.165) is 51.9 Å². The highest BCUT2D eigenvalue weighted by atomic mass is 16.5. The highest BCUT2D eigenvalue weighted by Crippen LogP contribution is 2.41. The van der Waals surface area contributed by atoms with Gasteiger partial charge in [0, 0.05) is 51.2 Å². The fourth-order valence-electron chi connectivity index (χ4n) is 4.60. The number of ether oxygens (including phenoxy) is 1. The lowest BCUT2D eigenvalue weighted by molar-refractivity contribution is -0.150. The normalized spacial score (nSPS) is 27.3. The van der Waals surface area contributed by atoms with Crippen molar-refractivity contribution in [1.29, 1.82) is 0 Å². The van der Waals surface area contributed by atoms with E-state index in [1.165, 1.54) is 12.3 Å². The van der Waals surface area contributed by atoms with Crippen LogP contribution in [-0.2, 0) is 9.53 Å². The van der Waals surface area contributed by atoms with E-state index in [1.54, 1.807) is 11.0 Å². The van der Waals surface area contributed by atoms with Gasteiger partial charge in [0.15, 0.2) is 0 Å². The van der Waals surface area contributed by atoms with Crippen LogP contribution in [0.2, 0.25) is 0 Å². The first-order chi connectivity index (χ1) is 12.6. The van der Waals surface area contributed by atoms with Gasteiger partial charge in [0.25, 0.3) is 5.91 Å². The summed E-state index contributed by atoms with van der Waals surface area (Å²) in [6, 6.07) is 3.18. The molecule has 26 heavy (non-hydrogen) atoms. The van der Waals surface area contributed by atoms with Crippen LogP contribution in [0, 0.1) is 5.41 Å². The third-order valence-corrected chi connectivity index (χ3v) is 6.07. The second-order valence-corrected chi connectivity index (χ2v) is 7.64. The molecule has 0 bridgehead atoms. The Balaban J connectivity index is 1.48. The standard InChI is InChI=1S/C19H25N3O4/c23-16-3-2-14(12-20-16)17(24)21-9-7-19(13-21)6-1-8-22(18(19)25)15-4-10-26-11-5-15/h2-3,12,15H,1,4-11,13H2,(H,20,23)/t19-/m1/s1. The number of hydrogen-bond donors (Lipinski definition) is 1. The van der Waals surface area contributed by atoms with Gasteiger partial charge in [-0.2, -0.15) is 0 Å². The number of aromatic nitrogens is 1.